The smallest absolute Gasteiger partial charge is 0.242 e. The first-order chi connectivity index (χ1) is 15.3. The third kappa shape index (κ3) is 5.52. The van der Waals surface area contributed by atoms with Crippen LogP contribution in [0.25, 0.3) is 0 Å². The molecule has 0 bridgehead atoms. The predicted octanol–water partition coefficient (Wildman–Crippen LogP) is 5.41. The third-order valence-electron chi connectivity index (χ3n) is 6.42. The Labute approximate surface area is 196 Å². The lowest BCUT2D eigenvalue weighted by Crippen LogP contribution is -2.49. The minimum absolute atomic E-state index is 0.00675. The molecule has 5 nitrogen and oxygen atoms in total. The molecule has 0 fully saturated rings. The number of nitrogens with zero attached hydrogens (tertiary/aromatic N) is 2. The summed E-state index contributed by atoms with van der Waals surface area (Å²) < 4.78 is 6.16. The van der Waals surface area contributed by atoms with Crippen LogP contribution in [0.2, 0.25) is 0 Å². The summed E-state index contributed by atoms with van der Waals surface area (Å²) in [6.07, 6.45) is 2.08. The molecule has 0 unspecified atom stereocenters. The van der Waals surface area contributed by atoms with Crippen LogP contribution in [-0.4, -0.2) is 47.4 Å². The van der Waals surface area contributed by atoms with Gasteiger partial charge in [0, 0.05) is 23.9 Å². The summed E-state index contributed by atoms with van der Waals surface area (Å²) in [5.74, 6) is 1.31. The van der Waals surface area contributed by atoms with Crippen LogP contribution in [0.15, 0.2) is 35.7 Å². The van der Waals surface area contributed by atoms with Crippen molar-refractivity contribution in [1.29, 1.82) is 0 Å². The number of rotatable bonds is 9. The van der Waals surface area contributed by atoms with E-state index in [1.807, 2.05) is 37.8 Å². The van der Waals surface area contributed by atoms with Crippen molar-refractivity contribution in [3.05, 3.63) is 51.7 Å². The molecule has 2 heterocycles. The summed E-state index contributed by atoms with van der Waals surface area (Å²) >= 11 is 1.74. The van der Waals surface area contributed by atoms with E-state index in [2.05, 4.69) is 37.4 Å². The first-order valence-corrected chi connectivity index (χ1v) is 12.6. The lowest BCUT2D eigenvalue weighted by Gasteiger charge is -2.38. The number of carbonyl (C=O) groups is 2. The minimum atomic E-state index is -0.141. The fourth-order valence-electron chi connectivity index (χ4n) is 4.15. The zero-order valence-corrected chi connectivity index (χ0v) is 20.8. The maximum absolute atomic E-state index is 13.4. The van der Waals surface area contributed by atoms with E-state index in [-0.39, 0.29) is 30.4 Å². The summed E-state index contributed by atoms with van der Waals surface area (Å²) in [4.78, 5) is 30.9. The van der Waals surface area contributed by atoms with E-state index in [9.17, 15) is 9.59 Å². The van der Waals surface area contributed by atoms with Gasteiger partial charge in [0.25, 0.3) is 0 Å². The van der Waals surface area contributed by atoms with Crippen LogP contribution in [0.1, 0.15) is 75.4 Å². The Kier molecular flexibility index (Phi) is 8.35. The second kappa shape index (κ2) is 11.0. The van der Waals surface area contributed by atoms with E-state index in [0.717, 1.165) is 18.6 Å². The molecule has 0 spiro atoms. The molecule has 1 aromatic carbocycles. The van der Waals surface area contributed by atoms with Crippen molar-refractivity contribution >= 4 is 23.2 Å². The molecule has 0 N–H and O–H groups in total. The van der Waals surface area contributed by atoms with E-state index in [1.54, 1.807) is 16.2 Å². The molecule has 0 saturated heterocycles. The van der Waals surface area contributed by atoms with Gasteiger partial charge in [0.05, 0.1) is 6.04 Å². The maximum atomic E-state index is 13.4. The number of benzene rings is 1. The number of thiophene rings is 1. The van der Waals surface area contributed by atoms with Crippen LogP contribution in [-0.2, 0) is 16.0 Å². The quantitative estimate of drug-likeness (QED) is 0.507. The van der Waals surface area contributed by atoms with E-state index in [0.29, 0.717) is 25.5 Å². The van der Waals surface area contributed by atoms with E-state index >= 15 is 0 Å². The van der Waals surface area contributed by atoms with Gasteiger partial charge in [-0.3, -0.25) is 9.59 Å². The van der Waals surface area contributed by atoms with Crippen LogP contribution < -0.4 is 4.74 Å². The van der Waals surface area contributed by atoms with Crippen molar-refractivity contribution in [2.45, 2.75) is 71.9 Å². The van der Waals surface area contributed by atoms with Gasteiger partial charge in [0.15, 0.2) is 0 Å². The van der Waals surface area contributed by atoms with Crippen LogP contribution in [0.4, 0.5) is 0 Å². The topological polar surface area (TPSA) is 49.9 Å². The Morgan fingerprint density at radius 3 is 2.50 bits per heavy atom. The van der Waals surface area contributed by atoms with Gasteiger partial charge in [-0.05, 0) is 60.4 Å². The second-order valence-electron chi connectivity index (χ2n) is 8.82. The largest absolute Gasteiger partial charge is 0.491 e. The van der Waals surface area contributed by atoms with Crippen LogP contribution in [0.3, 0.4) is 0 Å². The Morgan fingerprint density at radius 2 is 1.88 bits per heavy atom. The Hall–Kier alpha value is -2.34. The SMILES string of the molecule is CCC(=O)N(CC(=O)N1CCc2sccc2[C@H]1COc1ccc(C(C)C)cc1)[C@@H](C)CC. The number of ether oxygens (including phenoxy) is 1. The molecule has 0 radical (unpaired) electrons. The number of carbonyl (C=O) groups excluding carboxylic acids is 2. The maximum Gasteiger partial charge on any atom is 0.242 e. The molecular weight excluding hydrogens is 420 g/mol. The van der Waals surface area contributed by atoms with Crippen molar-refractivity contribution in [3.63, 3.8) is 0 Å². The minimum Gasteiger partial charge on any atom is -0.491 e. The molecule has 2 amide bonds. The molecule has 2 aromatic rings. The molecule has 1 aliphatic rings. The normalized spacial score (nSPS) is 16.6. The highest BCUT2D eigenvalue weighted by atomic mass is 32.1. The zero-order chi connectivity index (χ0) is 23.3. The van der Waals surface area contributed by atoms with Gasteiger partial charge in [-0.2, -0.15) is 0 Å². The highest BCUT2D eigenvalue weighted by Gasteiger charge is 2.34. The molecule has 0 aliphatic carbocycles. The first-order valence-electron chi connectivity index (χ1n) is 11.7. The molecule has 0 saturated carbocycles. The van der Waals surface area contributed by atoms with Gasteiger partial charge in [-0.15, -0.1) is 11.3 Å². The molecule has 2 atom stereocenters. The second-order valence-corrected chi connectivity index (χ2v) is 9.82. The van der Waals surface area contributed by atoms with Crippen molar-refractivity contribution in [3.8, 4) is 5.75 Å². The van der Waals surface area contributed by atoms with Gasteiger partial charge in [-0.25, -0.2) is 0 Å². The van der Waals surface area contributed by atoms with E-state index in [1.165, 1.54) is 16.0 Å². The fourth-order valence-corrected chi connectivity index (χ4v) is 5.08. The predicted molar refractivity (Wildman–Crippen MR) is 130 cm³/mol. The van der Waals surface area contributed by atoms with Crippen LogP contribution in [0, 0.1) is 0 Å². The lowest BCUT2D eigenvalue weighted by atomic mass is 10.00. The molecular formula is C26H36N2O3S. The number of fused-ring (bicyclic) bond motifs is 1. The molecule has 174 valence electrons. The first kappa shape index (κ1) is 24.3. The van der Waals surface area contributed by atoms with Crippen LogP contribution in [0.5, 0.6) is 5.75 Å². The molecule has 1 aromatic heterocycles. The summed E-state index contributed by atoms with van der Waals surface area (Å²) in [6, 6.07) is 10.2. The lowest BCUT2D eigenvalue weighted by molar-refractivity contribution is -0.144. The zero-order valence-electron chi connectivity index (χ0n) is 20.0. The summed E-state index contributed by atoms with van der Waals surface area (Å²) in [5.41, 5.74) is 2.45. The molecule has 1 aliphatic heterocycles. The van der Waals surface area contributed by atoms with Crippen molar-refractivity contribution in [2.75, 3.05) is 19.7 Å². The van der Waals surface area contributed by atoms with Gasteiger partial charge >= 0.3 is 0 Å². The van der Waals surface area contributed by atoms with E-state index in [4.69, 9.17) is 4.74 Å². The number of hydrogen-bond donors (Lipinski definition) is 0. The Bertz CT molecular complexity index is 906. The van der Waals surface area contributed by atoms with Crippen molar-refractivity contribution < 1.29 is 14.3 Å². The Balaban J connectivity index is 1.76. The fraction of sp³-hybridized carbons (Fsp3) is 0.538. The average Bonchev–Trinajstić information content (AvgIpc) is 3.29. The highest BCUT2D eigenvalue weighted by Crippen LogP contribution is 2.34. The highest BCUT2D eigenvalue weighted by molar-refractivity contribution is 7.10. The number of amides is 2. The van der Waals surface area contributed by atoms with Gasteiger partial charge in [0.1, 0.15) is 18.9 Å². The van der Waals surface area contributed by atoms with Gasteiger partial charge in [-0.1, -0.05) is 39.8 Å². The molecule has 6 heteroatoms. The standard InChI is InChI=1S/C26H36N2O3S/c1-6-19(5)28(25(29)7-2)16-26(30)27-14-12-24-22(13-15-32-24)23(27)17-31-21-10-8-20(9-11-21)18(3)4/h8-11,13,15,18-19,23H,6-7,12,14,16-17H2,1-5H3/t19-,23+/m0/s1. The van der Waals surface area contributed by atoms with Crippen LogP contribution >= 0.6 is 11.3 Å². The Morgan fingerprint density at radius 1 is 1.16 bits per heavy atom. The van der Waals surface area contributed by atoms with Crippen molar-refractivity contribution in [2.24, 2.45) is 0 Å². The van der Waals surface area contributed by atoms with Gasteiger partial charge in [0.2, 0.25) is 11.8 Å². The average molecular weight is 457 g/mol. The molecule has 3 rings (SSSR count). The summed E-state index contributed by atoms with van der Waals surface area (Å²) in [7, 11) is 0. The summed E-state index contributed by atoms with van der Waals surface area (Å²) in [6.45, 7) is 11.4. The monoisotopic (exact) mass is 456 g/mol. The van der Waals surface area contributed by atoms with E-state index < -0.39 is 0 Å². The van der Waals surface area contributed by atoms with Gasteiger partial charge < -0.3 is 14.5 Å². The molecule has 32 heavy (non-hydrogen) atoms. The number of hydrogen-bond acceptors (Lipinski definition) is 4. The third-order valence-corrected chi connectivity index (χ3v) is 7.42. The van der Waals surface area contributed by atoms with Crippen molar-refractivity contribution in [1.82, 2.24) is 9.80 Å². The summed E-state index contributed by atoms with van der Waals surface area (Å²) in [5, 5.41) is 2.09.